The van der Waals surface area contributed by atoms with Gasteiger partial charge in [-0.15, -0.1) is 0 Å². The molecule has 0 atom stereocenters. The summed E-state index contributed by atoms with van der Waals surface area (Å²) in [6.45, 7) is 0.942. The number of nitro groups is 1. The number of rotatable bonds is 8. The molecule has 0 spiro atoms. The first-order valence-corrected chi connectivity index (χ1v) is 11.9. The Morgan fingerprint density at radius 2 is 1.74 bits per heavy atom. The number of hydrazone groups is 1. The normalized spacial score (nSPS) is 11.7. The predicted molar refractivity (Wildman–Crippen MR) is 131 cm³/mol. The van der Waals surface area contributed by atoms with Crippen LogP contribution in [0.25, 0.3) is 0 Å². The molecule has 34 heavy (non-hydrogen) atoms. The second-order valence-electron chi connectivity index (χ2n) is 6.96. The molecule has 0 saturated heterocycles. The molecule has 176 valence electrons. The largest absolute Gasteiger partial charge is 0.271 e. The Labute approximate surface area is 205 Å². The van der Waals surface area contributed by atoms with Gasteiger partial charge in [-0.2, -0.15) is 5.10 Å². The van der Waals surface area contributed by atoms with E-state index in [0.717, 1.165) is 4.31 Å². The van der Waals surface area contributed by atoms with Crippen LogP contribution in [-0.2, 0) is 14.8 Å². The van der Waals surface area contributed by atoms with E-state index in [1.54, 1.807) is 31.2 Å². The van der Waals surface area contributed by atoms with Gasteiger partial charge in [0.2, 0.25) is 0 Å². The van der Waals surface area contributed by atoms with Gasteiger partial charge in [-0.1, -0.05) is 53.5 Å². The fourth-order valence-electron chi connectivity index (χ4n) is 2.90. The van der Waals surface area contributed by atoms with Gasteiger partial charge in [0.1, 0.15) is 6.54 Å². The Balaban J connectivity index is 1.88. The van der Waals surface area contributed by atoms with Crippen molar-refractivity contribution in [2.24, 2.45) is 5.10 Å². The van der Waals surface area contributed by atoms with Gasteiger partial charge >= 0.3 is 0 Å². The Hall–Kier alpha value is -3.47. The van der Waals surface area contributed by atoms with Crippen molar-refractivity contribution >= 4 is 56.2 Å². The van der Waals surface area contributed by atoms with Crippen LogP contribution in [0.3, 0.4) is 0 Å². The van der Waals surface area contributed by atoms with E-state index in [-0.39, 0.29) is 26.3 Å². The van der Waals surface area contributed by atoms with Crippen LogP contribution in [-0.4, -0.2) is 31.5 Å². The molecule has 0 saturated carbocycles. The third kappa shape index (κ3) is 5.90. The van der Waals surface area contributed by atoms with Crippen molar-refractivity contribution in [1.29, 1.82) is 0 Å². The molecule has 0 bridgehead atoms. The molecule has 0 fully saturated rings. The number of amides is 1. The van der Waals surface area contributed by atoms with Gasteiger partial charge < -0.3 is 0 Å². The number of nitrogens with one attached hydrogen (secondary N) is 1. The topological polar surface area (TPSA) is 122 Å². The zero-order chi connectivity index (χ0) is 24.9. The first kappa shape index (κ1) is 25.2. The molecule has 0 aliphatic rings. The number of nitro benzene ring substituents is 1. The van der Waals surface area contributed by atoms with E-state index in [4.69, 9.17) is 23.2 Å². The minimum atomic E-state index is -4.14. The molecule has 1 N–H and O–H groups in total. The van der Waals surface area contributed by atoms with Crippen LogP contribution >= 0.6 is 23.2 Å². The van der Waals surface area contributed by atoms with Crippen LogP contribution in [0.5, 0.6) is 0 Å². The highest BCUT2D eigenvalue weighted by molar-refractivity contribution is 7.92. The summed E-state index contributed by atoms with van der Waals surface area (Å²) in [5.41, 5.74) is 3.02. The van der Waals surface area contributed by atoms with Gasteiger partial charge in [-0.3, -0.25) is 19.2 Å². The summed E-state index contributed by atoms with van der Waals surface area (Å²) < 4.78 is 27.5. The lowest BCUT2D eigenvalue weighted by Gasteiger charge is -2.24. The molecular weight excluding hydrogens is 503 g/mol. The van der Waals surface area contributed by atoms with E-state index < -0.39 is 27.4 Å². The van der Waals surface area contributed by atoms with Gasteiger partial charge in [0.15, 0.2) is 0 Å². The van der Waals surface area contributed by atoms with E-state index >= 15 is 0 Å². The zero-order valence-electron chi connectivity index (χ0n) is 17.7. The molecule has 0 aliphatic carbocycles. The maximum absolute atomic E-state index is 13.3. The highest BCUT2D eigenvalue weighted by Crippen LogP contribution is 2.30. The second-order valence-corrected chi connectivity index (χ2v) is 9.64. The van der Waals surface area contributed by atoms with Crippen molar-refractivity contribution in [3.8, 4) is 0 Å². The van der Waals surface area contributed by atoms with Crippen LogP contribution in [0.2, 0.25) is 10.0 Å². The summed E-state index contributed by atoms with van der Waals surface area (Å²) in [6, 6.07) is 17.5. The van der Waals surface area contributed by atoms with Gasteiger partial charge in [0.05, 0.1) is 31.3 Å². The quantitative estimate of drug-likeness (QED) is 0.263. The number of halogens is 2. The standard InChI is InChI=1S/C22H18Cl2N4O5S/c1-15(16-6-5-7-18(12-16)28(30)31)25-26-22(29)14-27(17-10-11-20(23)21(24)13-17)34(32,33)19-8-3-2-4-9-19/h2-13H,14H2,1H3,(H,26,29)/b25-15-. The van der Waals surface area contributed by atoms with Gasteiger partial charge in [0, 0.05) is 17.7 Å². The zero-order valence-corrected chi connectivity index (χ0v) is 20.0. The minimum absolute atomic E-state index is 0.0230. The summed E-state index contributed by atoms with van der Waals surface area (Å²) in [4.78, 5) is 23.1. The number of hydrogen-bond donors (Lipinski definition) is 1. The smallest absolute Gasteiger partial charge is 0.270 e. The first-order valence-electron chi connectivity index (χ1n) is 9.70. The van der Waals surface area contributed by atoms with Crippen molar-refractivity contribution in [3.05, 3.63) is 98.5 Å². The number of non-ortho nitro benzene ring substituents is 1. The van der Waals surface area contributed by atoms with E-state index in [9.17, 15) is 23.3 Å². The van der Waals surface area contributed by atoms with E-state index in [2.05, 4.69) is 10.5 Å². The maximum Gasteiger partial charge on any atom is 0.270 e. The van der Waals surface area contributed by atoms with Crippen LogP contribution in [0.1, 0.15) is 12.5 Å². The number of benzene rings is 3. The second kappa shape index (κ2) is 10.6. The molecule has 0 aromatic heterocycles. The lowest BCUT2D eigenvalue weighted by atomic mass is 10.1. The summed E-state index contributed by atoms with van der Waals surface area (Å²) in [5, 5.41) is 15.3. The van der Waals surface area contributed by atoms with Gasteiger partial charge in [-0.05, 0) is 37.3 Å². The lowest BCUT2D eigenvalue weighted by Crippen LogP contribution is -2.39. The van der Waals surface area contributed by atoms with Gasteiger partial charge in [0.25, 0.3) is 21.6 Å². The molecule has 3 aromatic carbocycles. The molecule has 1 amide bonds. The minimum Gasteiger partial charge on any atom is -0.271 e. The Morgan fingerprint density at radius 3 is 2.38 bits per heavy atom. The highest BCUT2D eigenvalue weighted by atomic mass is 35.5. The molecule has 9 nitrogen and oxygen atoms in total. The number of sulfonamides is 1. The van der Waals surface area contributed by atoms with Crippen LogP contribution < -0.4 is 9.73 Å². The molecular formula is C22H18Cl2N4O5S. The van der Waals surface area contributed by atoms with E-state index in [1.807, 2.05) is 0 Å². The van der Waals surface area contributed by atoms with Crippen molar-refractivity contribution in [2.75, 3.05) is 10.8 Å². The summed E-state index contributed by atoms with van der Waals surface area (Å²) in [6.07, 6.45) is 0. The molecule has 0 radical (unpaired) electrons. The Morgan fingerprint density at radius 1 is 1.03 bits per heavy atom. The Kier molecular flexibility index (Phi) is 7.87. The van der Waals surface area contributed by atoms with Gasteiger partial charge in [-0.25, -0.2) is 13.8 Å². The van der Waals surface area contributed by atoms with Crippen molar-refractivity contribution in [3.63, 3.8) is 0 Å². The predicted octanol–water partition coefficient (Wildman–Crippen LogP) is 4.64. The summed E-state index contributed by atoms with van der Waals surface area (Å²) >= 11 is 12.0. The van der Waals surface area contributed by atoms with Crippen molar-refractivity contribution in [2.45, 2.75) is 11.8 Å². The average molecular weight is 521 g/mol. The number of carbonyl (C=O) groups is 1. The number of anilines is 1. The molecule has 0 heterocycles. The van der Waals surface area contributed by atoms with E-state index in [0.29, 0.717) is 11.3 Å². The average Bonchev–Trinajstić information content (AvgIpc) is 2.83. The summed E-state index contributed by atoms with van der Waals surface area (Å²) in [5.74, 6) is -0.740. The monoisotopic (exact) mass is 520 g/mol. The third-order valence-corrected chi connectivity index (χ3v) is 7.16. The van der Waals surface area contributed by atoms with E-state index in [1.165, 1.54) is 48.5 Å². The van der Waals surface area contributed by atoms with Crippen LogP contribution in [0, 0.1) is 10.1 Å². The highest BCUT2D eigenvalue weighted by Gasteiger charge is 2.27. The fraction of sp³-hybridized carbons (Fsp3) is 0.0909. The SMILES string of the molecule is C/C(=N/NC(=O)CN(c1ccc(Cl)c(Cl)c1)S(=O)(=O)c1ccccc1)c1cccc([N+](=O)[O-])c1. The lowest BCUT2D eigenvalue weighted by molar-refractivity contribution is -0.384. The molecule has 0 aliphatic heterocycles. The molecule has 12 heteroatoms. The molecule has 3 aromatic rings. The molecule has 3 rings (SSSR count). The van der Waals surface area contributed by atoms with Crippen molar-refractivity contribution < 1.29 is 18.1 Å². The number of hydrogen-bond acceptors (Lipinski definition) is 6. The number of carbonyl (C=O) groups excluding carboxylic acids is 1. The Bertz CT molecular complexity index is 1360. The molecule has 0 unspecified atom stereocenters. The third-order valence-electron chi connectivity index (χ3n) is 4.63. The number of nitrogens with zero attached hydrogens (tertiary/aromatic N) is 3. The van der Waals surface area contributed by atoms with Crippen LogP contribution in [0.4, 0.5) is 11.4 Å². The maximum atomic E-state index is 13.3. The van der Waals surface area contributed by atoms with Crippen LogP contribution in [0.15, 0.2) is 82.8 Å². The summed E-state index contributed by atoms with van der Waals surface area (Å²) in [7, 11) is -4.14. The van der Waals surface area contributed by atoms with Crippen molar-refractivity contribution in [1.82, 2.24) is 5.43 Å². The first-order chi connectivity index (χ1) is 16.1. The fourth-order valence-corrected chi connectivity index (χ4v) is 4.62.